The summed E-state index contributed by atoms with van der Waals surface area (Å²) >= 11 is 0. The van der Waals surface area contributed by atoms with Crippen LogP contribution in [0.2, 0.25) is 0 Å². The van der Waals surface area contributed by atoms with Gasteiger partial charge >= 0.3 is 0 Å². The Kier molecular flexibility index (Phi) is 6.73. The third-order valence-corrected chi connectivity index (χ3v) is 11.1. The van der Waals surface area contributed by atoms with Gasteiger partial charge in [0.2, 0.25) is 0 Å². The van der Waals surface area contributed by atoms with Gasteiger partial charge in [0.15, 0.2) is 17.5 Å². The number of nitriles is 1. The number of nitrogens with zero attached hydrogens (tertiary/aromatic N) is 4. The lowest BCUT2D eigenvalue weighted by Crippen LogP contribution is -2.42. The van der Waals surface area contributed by atoms with E-state index in [9.17, 15) is 5.26 Å². The summed E-state index contributed by atoms with van der Waals surface area (Å²) in [6.07, 6.45) is 6.64. The molecule has 2 bridgehead atoms. The number of rotatable bonds is 4. The van der Waals surface area contributed by atoms with Crippen LogP contribution in [0.4, 0.5) is 0 Å². The third-order valence-electron chi connectivity index (χ3n) is 11.1. The highest BCUT2D eigenvalue weighted by Gasteiger charge is 2.45. The Labute approximate surface area is 272 Å². The second-order valence-electron chi connectivity index (χ2n) is 14.9. The summed E-state index contributed by atoms with van der Waals surface area (Å²) < 4.78 is 0. The molecule has 228 valence electrons. The minimum atomic E-state index is -0.313. The molecule has 2 saturated carbocycles. The van der Waals surface area contributed by atoms with Gasteiger partial charge in [-0.3, -0.25) is 0 Å². The van der Waals surface area contributed by atoms with Crippen molar-refractivity contribution in [2.75, 3.05) is 0 Å². The lowest BCUT2D eigenvalue weighted by Gasteiger charge is -2.50. The Morgan fingerprint density at radius 2 is 1.26 bits per heavy atom. The molecule has 2 fully saturated rings. The SMILES string of the molecule is C[C@@H]1CC2C[C@H](C)CC(c3ccc(-c4nc(-c5ccccc5)nc(-c5cccc6c5-c5cccc(C#N)c5C6(C)C)n4)cc3)(C2)C1. The average Bonchev–Trinajstić information content (AvgIpc) is 3.31. The summed E-state index contributed by atoms with van der Waals surface area (Å²) in [5.74, 6) is 4.39. The van der Waals surface area contributed by atoms with E-state index in [-0.39, 0.29) is 10.8 Å². The smallest absolute Gasteiger partial charge is 0.164 e. The number of hydrogen-bond donors (Lipinski definition) is 0. The van der Waals surface area contributed by atoms with E-state index in [1.165, 1.54) is 43.2 Å². The molecule has 46 heavy (non-hydrogen) atoms. The van der Waals surface area contributed by atoms with Crippen molar-refractivity contribution in [1.29, 1.82) is 5.26 Å². The summed E-state index contributed by atoms with van der Waals surface area (Å²) in [7, 11) is 0. The van der Waals surface area contributed by atoms with Crippen LogP contribution in [0.5, 0.6) is 0 Å². The first kappa shape index (κ1) is 28.8. The molecule has 4 nitrogen and oxygen atoms in total. The fraction of sp³-hybridized carbons (Fsp3) is 0.333. The van der Waals surface area contributed by atoms with Gasteiger partial charge in [-0.05, 0) is 89.2 Å². The Bertz CT molecular complexity index is 1980. The summed E-state index contributed by atoms with van der Waals surface area (Å²) in [5, 5.41) is 10.0. The van der Waals surface area contributed by atoms with Gasteiger partial charge in [0, 0.05) is 22.1 Å². The fourth-order valence-corrected chi connectivity index (χ4v) is 9.58. The van der Waals surface area contributed by atoms with E-state index >= 15 is 0 Å². The minimum Gasteiger partial charge on any atom is -0.208 e. The van der Waals surface area contributed by atoms with Crippen molar-refractivity contribution in [2.45, 2.75) is 70.6 Å². The zero-order valence-electron chi connectivity index (χ0n) is 27.2. The zero-order valence-corrected chi connectivity index (χ0v) is 27.2. The zero-order chi connectivity index (χ0) is 31.6. The third kappa shape index (κ3) is 4.59. The molecule has 8 rings (SSSR count). The Hall–Kier alpha value is -4.62. The van der Waals surface area contributed by atoms with Gasteiger partial charge in [0.05, 0.1) is 11.6 Å². The molecule has 3 aliphatic carbocycles. The summed E-state index contributed by atoms with van der Waals surface area (Å²) in [5.41, 5.74) is 9.56. The van der Waals surface area contributed by atoms with Crippen molar-refractivity contribution < 1.29 is 0 Å². The molecule has 4 heteroatoms. The molecular formula is C42H40N4. The summed E-state index contributed by atoms with van der Waals surface area (Å²) in [6, 6.07) is 34.2. The molecule has 0 radical (unpaired) electrons. The molecule has 0 spiro atoms. The highest BCUT2D eigenvalue weighted by atomic mass is 15.0. The van der Waals surface area contributed by atoms with Gasteiger partial charge < -0.3 is 0 Å². The van der Waals surface area contributed by atoms with Crippen molar-refractivity contribution in [3.63, 3.8) is 0 Å². The highest BCUT2D eigenvalue weighted by molar-refractivity contribution is 5.92. The molecule has 0 N–H and O–H groups in total. The van der Waals surface area contributed by atoms with Crippen molar-refractivity contribution >= 4 is 0 Å². The number of benzene rings is 4. The Morgan fingerprint density at radius 1 is 0.652 bits per heavy atom. The lowest BCUT2D eigenvalue weighted by molar-refractivity contribution is 0.0780. The molecular weight excluding hydrogens is 560 g/mol. The highest BCUT2D eigenvalue weighted by Crippen LogP contribution is 2.55. The van der Waals surface area contributed by atoms with Gasteiger partial charge in [0.1, 0.15) is 0 Å². The lowest BCUT2D eigenvalue weighted by atomic mass is 9.54. The van der Waals surface area contributed by atoms with E-state index in [1.54, 1.807) is 0 Å². The predicted molar refractivity (Wildman–Crippen MR) is 185 cm³/mol. The van der Waals surface area contributed by atoms with Crippen LogP contribution in [0.1, 0.15) is 82.1 Å². The first-order valence-corrected chi connectivity index (χ1v) is 16.9. The van der Waals surface area contributed by atoms with E-state index in [0.29, 0.717) is 17.5 Å². The first-order valence-electron chi connectivity index (χ1n) is 16.9. The van der Waals surface area contributed by atoms with Gasteiger partial charge in [-0.25, -0.2) is 15.0 Å². The quantitative estimate of drug-likeness (QED) is 0.206. The van der Waals surface area contributed by atoms with Crippen molar-refractivity contribution in [3.8, 4) is 51.4 Å². The van der Waals surface area contributed by atoms with Crippen LogP contribution in [0.3, 0.4) is 0 Å². The maximum atomic E-state index is 10.0. The van der Waals surface area contributed by atoms with Crippen LogP contribution in [0, 0.1) is 29.1 Å². The van der Waals surface area contributed by atoms with Crippen LogP contribution in [-0.2, 0) is 10.8 Å². The molecule has 2 unspecified atom stereocenters. The average molecular weight is 601 g/mol. The molecule has 3 aliphatic rings. The van der Waals surface area contributed by atoms with Gasteiger partial charge in [-0.15, -0.1) is 0 Å². The molecule has 1 heterocycles. The van der Waals surface area contributed by atoms with E-state index in [1.807, 2.05) is 30.3 Å². The molecule has 5 aromatic rings. The van der Waals surface area contributed by atoms with Crippen LogP contribution >= 0.6 is 0 Å². The van der Waals surface area contributed by atoms with Crippen LogP contribution in [0.15, 0.2) is 91.0 Å². The Morgan fingerprint density at radius 3 is 1.93 bits per heavy atom. The second-order valence-corrected chi connectivity index (χ2v) is 14.9. The first-order chi connectivity index (χ1) is 22.3. The standard InChI is InChI=1S/C42H40N4/c1-26-20-28-21-27(2)23-42(22-26,24-28)32-18-16-30(17-19-32)39-44-38(29-10-6-5-7-11-29)45-40(46-39)34-14-9-15-35-36(34)33-13-8-12-31(25-43)37(33)41(35,3)4/h5-19,26-28H,20-24H2,1-4H3/t26-,27+,28?,42?. The monoisotopic (exact) mass is 600 g/mol. The normalized spacial score (nSPS) is 24.1. The molecule has 0 amide bonds. The molecule has 4 atom stereocenters. The topological polar surface area (TPSA) is 62.5 Å². The Balaban J connectivity index is 1.27. The van der Waals surface area contributed by atoms with E-state index in [2.05, 4.69) is 94.4 Å². The van der Waals surface area contributed by atoms with Crippen LogP contribution in [-0.4, -0.2) is 15.0 Å². The maximum Gasteiger partial charge on any atom is 0.164 e. The van der Waals surface area contributed by atoms with Gasteiger partial charge in [-0.2, -0.15) is 5.26 Å². The second kappa shape index (κ2) is 10.7. The summed E-state index contributed by atoms with van der Waals surface area (Å²) in [4.78, 5) is 15.3. The van der Waals surface area contributed by atoms with Crippen molar-refractivity contribution in [1.82, 2.24) is 15.0 Å². The maximum absolute atomic E-state index is 10.0. The molecule has 0 aliphatic heterocycles. The number of hydrogen-bond acceptors (Lipinski definition) is 4. The van der Waals surface area contributed by atoms with Gasteiger partial charge in [0.25, 0.3) is 0 Å². The predicted octanol–water partition coefficient (Wildman–Crippen LogP) is 10.2. The van der Waals surface area contributed by atoms with Gasteiger partial charge in [-0.1, -0.05) is 113 Å². The largest absolute Gasteiger partial charge is 0.208 e. The van der Waals surface area contributed by atoms with Crippen LogP contribution < -0.4 is 0 Å². The number of aromatic nitrogens is 3. The minimum absolute atomic E-state index is 0.283. The molecule has 0 saturated heterocycles. The number of fused-ring (bicyclic) bond motifs is 5. The van der Waals surface area contributed by atoms with E-state index in [4.69, 9.17) is 15.0 Å². The molecule has 1 aromatic heterocycles. The van der Waals surface area contributed by atoms with Crippen molar-refractivity contribution in [3.05, 3.63) is 113 Å². The summed E-state index contributed by atoms with van der Waals surface area (Å²) in [6.45, 7) is 9.31. The van der Waals surface area contributed by atoms with E-state index in [0.717, 1.165) is 56.7 Å². The van der Waals surface area contributed by atoms with E-state index < -0.39 is 0 Å². The van der Waals surface area contributed by atoms with Crippen molar-refractivity contribution in [2.24, 2.45) is 17.8 Å². The fourth-order valence-electron chi connectivity index (χ4n) is 9.58. The molecule has 4 aromatic carbocycles. The van der Waals surface area contributed by atoms with Crippen LogP contribution in [0.25, 0.3) is 45.3 Å².